The normalized spacial score (nSPS) is 20.5. The molecule has 1 aromatic rings. The molecule has 0 atom stereocenters. The maximum atomic E-state index is 12.1. The number of amides is 1. The van der Waals surface area contributed by atoms with Crippen LogP contribution in [0, 0.1) is 0 Å². The van der Waals surface area contributed by atoms with E-state index in [9.17, 15) is 4.79 Å². The van der Waals surface area contributed by atoms with Crippen LogP contribution in [-0.4, -0.2) is 70.6 Å². The van der Waals surface area contributed by atoms with E-state index < -0.39 is 0 Å². The van der Waals surface area contributed by atoms with Gasteiger partial charge in [-0.3, -0.25) is 14.6 Å². The molecular weight excluding hydrogens is 302 g/mol. The molecule has 0 spiro atoms. The molecule has 3 rings (SSSR count). The molecule has 1 aliphatic carbocycles. The Morgan fingerprint density at radius 2 is 1.88 bits per heavy atom. The predicted octanol–water partition coefficient (Wildman–Crippen LogP) is 1.12. The molecule has 0 radical (unpaired) electrons. The first-order chi connectivity index (χ1) is 11.7. The Bertz CT molecular complexity index is 515. The Kier molecular flexibility index (Phi) is 6.26. The molecular formula is C18H31N5O. The van der Waals surface area contributed by atoms with Gasteiger partial charge >= 0.3 is 0 Å². The van der Waals surface area contributed by atoms with Crippen LogP contribution in [0.5, 0.6) is 0 Å². The number of aryl methyl sites for hydroxylation is 1. The van der Waals surface area contributed by atoms with Gasteiger partial charge in [0, 0.05) is 64.1 Å². The number of rotatable bonds is 7. The van der Waals surface area contributed by atoms with E-state index in [2.05, 4.69) is 37.8 Å². The largest absolute Gasteiger partial charge is 0.352 e. The number of piperazine rings is 1. The highest BCUT2D eigenvalue weighted by Gasteiger charge is 2.21. The van der Waals surface area contributed by atoms with Crippen molar-refractivity contribution in [2.75, 3.05) is 39.3 Å². The van der Waals surface area contributed by atoms with Gasteiger partial charge in [-0.05, 0) is 12.8 Å². The molecule has 0 aromatic carbocycles. The average Bonchev–Trinajstić information content (AvgIpc) is 3.25. The average molecular weight is 333 g/mol. The van der Waals surface area contributed by atoms with Crippen molar-refractivity contribution in [2.45, 2.75) is 51.6 Å². The number of hydrogen-bond donors (Lipinski definition) is 1. The maximum absolute atomic E-state index is 12.1. The fourth-order valence-corrected chi connectivity index (χ4v) is 3.82. The predicted molar refractivity (Wildman–Crippen MR) is 94.9 cm³/mol. The summed E-state index contributed by atoms with van der Waals surface area (Å²) in [5.74, 6) is 1.37. The molecule has 0 unspecified atom stereocenters. The van der Waals surface area contributed by atoms with Gasteiger partial charge in [-0.15, -0.1) is 0 Å². The third-order valence-electron chi connectivity index (χ3n) is 5.33. The van der Waals surface area contributed by atoms with Crippen molar-refractivity contribution in [3.05, 3.63) is 18.2 Å². The summed E-state index contributed by atoms with van der Waals surface area (Å²) in [7, 11) is 0. The zero-order chi connectivity index (χ0) is 16.8. The molecule has 1 aromatic heterocycles. The molecule has 2 fully saturated rings. The van der Waals surface area contributed by atoms with Crippen molar-refractivity contribution in [1.29, 1.82) is 0 Å². The lowest BCUT2D eigenvalue weighted by Crippen LogP contribution is -2.50. The molecule has 2 heterocycles. The zero-order valence-corrected chi connectivity index (χ0v) is 14.9. The van der Waals surface area contributed by atoms with Gasteiger partial charge in [0.25, 0.3) is 0 Å². The number of carbonyl (C=O) groups is 1. The highest BCUT2D eigenvalue weighted by atomic mass is 16.2. The fraction of sp³-hybridized carbons (Fsp3) is 0.778. The van der Waals surface area contributed by atoms with Crippen molar-refractivity contribution in [1.82, 2.24) is 24.7 Å². The van der Waals surface area contributed by atoms with Crippen LogP contribution in [0.25, 0.3) is 0 Å². The molecule has 1 N–H and O–H groups in total. The van der Waals surface area contributed by atoms with E-state index in [0.29, 0.717) is 12.6 Å². The summed E-state index contributed by atoms with van der Waals surface area (Å²) in [6.45, 7) is 8.85. The highest BCUT2D eigenvalue weighted by molar-refractivity contribution is 5.78. The van der Waals surface area contributed by atoms with Crippen LogP contribution in [0.1, 0.15) is 38.4 Å². The van der Waals surface area contributed by atoms with E-state index in [1.165, 1.54) is 12.8 Å². The summed E-state index contributed by atoms with van der Waals surface area (Å²) in [5, 5.41) is 3.19. The van der Waals surface area contributed by atoms with Crippen LogP contribution in [0.15, 0.2) is 12.4 Å². The quantitative estimate of drug-likeness (QED) is 0.812. The van der Waals surface area contributed by atoms with Gasteiger partial charge in [-0.25, -0.2) is 4.98 Å². The Balaban J connectivity index is 1.34. The van der Waals surface area contributed by atoms with Gasteiger partial charge in [0.15, 0.2) is 0 Å². The smallest absolute Gasteiger partial charge is 0.234 e. The number of imidazole rings is 1. The SMILES string of the molecule is CCc1nccn1CCN1CCN(CC(=O)NC2CCCC2)CC1. The number of hydrogen-bond acceptors (Lipinski definition) is 4. The lowest BCUT2D eigenvalue weighted by atomic mass is 10.2. The lowest BCUT2D eigenvalue weighted by molar-refractivity contribution is -0.123. The summed E-state index contributed by atoms with van der Waals surface area (Å²) >= 11 is 0. The highest BCUT2D eigenvalue weighted by Crippen LogP contribution is 2.17. The van der Waals surface area contributed by atoms with Crippen LogP contribution in [0.4, 0.5) is 0 Å². The number of nitrogens with zero attached hydrogens (tertiary/aromatic N) is 4. The van der Waals surface area contributed by atoms with Crippen molar-refractivity contribution in [2.24, 2.45) is 0 Å². The van der Waals surface area contributed by atoms with Gasteiger partial charge in [0.05, 0.1) is 6.54 Å². The van der Waals surface area contributed by atoms with E-state index >= 15 is 0 Å². The van der Waals surface area contributed by atoms with Crippen LogP contribution in [-0.2, 0) is 17.8 Å². The minimum absolute atomic E-state index is 0.210. The molecule has 1 saturated carbocycles. The number of aromatic nitrogens is 2. The van der Waals surface area contributed by atoms with E-state index in [0.717, 1.165) is 64.4 Å². The zero-order valence-electron chi connectivity index (χ0n) is 14.9. The van der Waals surface area contributed by atoms with E-state index in [-0.39, 0.29) is 5.91 Å². The summed E-state index contributed by atoms with van der Waals surface area (Å²) in [6.07, 6.45) is 9.79. The molecule has 134 valence electrons. The maximum Gasteiger partial charge on any atom is 0.234 e. The first-order valence-corrected chi connectivity index (χ1v) is 9.48. The van der Waals surface area contributed by atoms with Gasteiger partial charge < -0.3 is 9.88 Å². The van der Waals surface area contributed by atoms with Gasteiger partial charge in [-0.1, -0.05) is 19.8 Å². The molecule has 24 heavy (non-hydrogen) atoms. The topological polar surface area (TPSA) is 53.4 Å². The van der Waals surface area contributed by atoms with Crippen LogP contribution in [0.2, 0.25) is 0 Å². The first kappa shape index (κ1) is 17.4. The Morgan fingerprint density at radius 1 is 1.17 bits per heavy atom. The van der Waals surface area contributed by atoms with Crippen molar-refractivity contribution in [3.8, 4) is 0 Å². The third-order valence-corrected chi connectivity index (χ3v) is 5.33. The van der Waals surface area contributed by atoms with E-state index in [4.69, 9.17) is 0 Å². The first-order valence-electron chi connectivity index (χ1n) is 9.48. The summed E-state index contributed by atoms with van der Waals surface area (Å²) in [6, 6.07) is 0.432. The molecule has 2 aliphatic rings. The third kappa shape index (κ3) is 4.80. The molecule has 6 heteroatoms. The monoisotopic (exact) mass is 333 g/mol. The van der Waals surface area contributed by atoms with Crippen LogP contribution in [0.3, 0.4) is 0 Å². The van der Waals surface area contributed by atoms with Gasteiger partial charge in [-0.2, -0.15) is 0 Å². The van der Waals surface area contributed by atoms with Crippen molar-refractivity contribution < 1.29 is 4.79 Å². The standard InChI is InChI=1S/C18H31N5O/c1-2-17-19-7-8-23(17)14-13-21-9-11-22(12-10-21)15-18(24)20-16-5-3-4-6-16/h7-8,16H,2-6,9-15H2,1H3,(H,20,24). The van der Waals surface area contributed by atoms with Crippen molar-refractivity contribution in [3.63, 3.8) is 0 Å². The Hall–Kier alpha value is -1.40. The molecule has 6 nitrogen and oxygen atoms in total. The van der Waals surface area contributed by atoms with Gasteiger partial charge in [0.2, 0.25) is 5.91 Å². The number of carbonyl (C=O) groups excluding carboxylic acids is 1. The van der Waals surface area contributed by atoms with Crippen molar-refractivity contribution >= 4 is 5.91 Å². The lowest BCUT2D eigenvalue weighted by Gasteiger charge is -2.34. The minimum atomic E-state index is 0.210. The second kappa shape index (κ2) is 8.62. The molecule has 1 aliphatic heterocycles. The fourth-order valence-electron chi connectivity index (χ4n) is 3.82. The second-order valence-electron chi connectivity index (χ2n) is 7.06. The summed E-state index contributed by atoms with van der Waals surface area (Å²) < 4.78 is 2.25. The molecule has 1 saturated heterocycles. The van der Waals surface area contributed by atoms with E-state index in [1.54, 1.807) is 0 Å². The minimum Gasteiger partial charge on any atom is -0.352 e. The van der Waals surface area contributed by atoms with Crippen LogP contribution < -0.4 is 5.32 Å². The van der Waals surface area contributed by atoms with Crippen LogP contribution >= 0.6 is 0 Å². The molecule has 0 bridgehead atoms. The van der Waals surface area contributed by atoms with Gasteiger partial charge in [0.1, 0.15) is 5.82 Å². The summed E-state index contributed by atoms with van der Waals surface area (Å²) in [5.41, 5.74) is 0. The summed E-state index contributed by atoms with van der Waals surface area (Å²) in [4.78, 5) is 21.3. The molecule has 1 amide bonds. The number of nitrogens with one attached hydrogen (secondary N) is 1. The Labute approximate surface area is 145 Å². The second-order valence-corrected chi connectivity index (χ2v) is 7.06. The van der Waals surface area contributed by atoms with E-state index in [1.807, 2.05) is 6.20 Å². The Morgan fingerprint density at radius 3 is 2.58 bits per heavy atom.